The van der Waals surface area contributed by atoms with Crippen LogP contribution in [0.3, 0.4) is 0 Å². The van der Waals surface area contributed by atoms with Crippen molar-refractivity contribution in [2.45, 2.75) is 12.7 Å². The lowest BCUT2D eigenvalue weighted by molar-refractivity contribution is -0.159. The summed E-state index contributed by atoms with van der Waals surface area (Å²) in [5, 5.41) is 13.1. The maximum Gasteiger partial charge on any atom is 0.239 e. The van der Waals surface area contributed by atoms with Crippen LogP contribution in [0.25, 0.3) is 0 Å². The van der Waals surface area contributed by atoms with Gasteiger partial charge in [-0.05, 0) is 0 Å². The fourth-order valence-corrected chi connectivity index (χ4v) is 1.59. The van der Waals surface area contributed by atoms with Crippen LogP contribution in [0.1, 0.15) is 6.92 Å². The standard InChI is InChI=1S/C7H8O3S/c1-7(8)4-9-5-2-11-3-6(5)10-7/h2-3,8H,4H2,1H3. The number of aliphatic hydroxyl groups is 1. The molecule has 1 unspecified atom stereocenters. The van der Waals surface area contributed by atoms with Crippen LogP contribution >= 0.6 is 11.3 Å². The van der Waals surface area contributed by atoms with Gasteiger partial charge in [-0.25, -0.2) is 0 Å². The molecule has 0 bridgehead atoms. The molecule has 0 saturated heterocycles. The van der Waals surface area contributed by atoms with Crippen LogP contribution in [-0.2, 0) is 0 Å². The topological polar surface area (TPSA) is 38.7 Å². The van der Waals surface area contributed by atoms with Gasteiger partial charge in [-0.3, -0.25) is 0 Å². The van der Waals surface area contributed by atoms with Crippen LogP contribution in [0.5, 0.6) is 11.5 Å². The van der Waals surface area contributed by atoms with E-state index in [0.717, 1.165) is 5.75 Å². The highest BCUT2D eigenvalue weighted by Gasteiger charge is 2.30. The minimum absolute atomic E-state index is 0.191. The smallest absolute Gasteiger partial charge is 0.239 e. The molecule has 2 heterocycles. The van der Waals surface area contributed by atoms with Crippen LogP contribution in [0.2, 0.25) is 0 Å². The highest BCUT2D eigenvalue weighted by atomic mass is 32.1. The number of thiophene rings is 1. The summed E-state index contributed by atoms with van der Waals surface area (Å²) in [6.45, 7) is 1.77. The van der Waals surface area contributed by atoms with Gasteiger partial charge in [0.25, 0.3) is 0 Å². The Labute approximate surface area is 68.2 Å². The summed E-state index contributed by atoms with van der Waals surface area (Å²) in [6.07, 6.45) is 0. The zero-order chi connectivity index (χ0) is 7.90. The van der Waals surface area contributed by atoms with Crippen molar-refractivity contribution in [2.75, 3.05) is 6.61 Å². The van der Waals surface area contributed by atoms with Crippen molar-refractivity contribution in [2.24, 2.45) is 0 Å². The van der Waals surface area contributed by atoms with E-state index in [0.29, 0.717) is 5.75 Å². The molecular formula is C7H8O3S. The fourth-order valence-electron chi connectivity index (χ4n) is 0.931. The van der Waals surface area contributed by atoms with E-state index in [1.54, 1.807) is 6.92 Å². The summed E-state index contributed by atoms with van der Waals surface area (Å²) in [6, 6.07) is 0. The minimum Gasteiger partial charge on any atom is -0.482 e. The average Bonchev–Trinajstić information content (AvgIpc) is 2.31. The Kier molecular flexibility index (Phi) is 1.34. The Hall–Kier alpha value is -0.740. The van der Waals surface area contributed by atoms with Gasteiger partial charge >= 0.3 is 0 Å². The predicted molar refractivity (Wildman–Crippen MR) is 41.1 cm³/mol. The van der Waals surface area contributed by atoms with Crippen molar-refractivity contribution in [3.63, 3.8) is 0 Å². The first kappa shape index (κ1) is 6.94. The largest absolute Gasteiger partial charge is 0.482 e. The van der Waals surface area contributed by atoms with E-state index in [1.165, 1.54) is 11.3 Å². The molecule has 1 aromatic heterocycles. The molecule has 2 rings (SSSR count). The molecule has 3 nitrogen and oxygen atoms in total. The van der Waals surface area contributed by atoms with Gasteiger partial charge in [0.15, 0.2) is 18.1 Å². The van der Waals surface area contributed by atoms with E-state index in [9.17, 15) is 5.11 Å². The van der Waals surface area contributed by atoms with Crippen molar-refractivity contribution in [3.8, 4) is 11.5 Å². The number of rotatable bonds is 0. The Bertz CT molecular complexity index is 266. The van der Waals surface area contributed by atoms with E-state index < -0.39 is 5.79 Å². The summed E-state index contributed by atoms with van der Waals surface area (Å²) in [4.78, 5) is 0. The van der Waals surface area contributed by atoms with Crippen LogP contribution in [0.15, 0.2) is 10.8 Å². The van der Waals surface area contributed by atoms with Gasteiger partial charge < -0.3 is 14.6 Å². The van der Waals surface area contributed by atoms with E-state index in [-0.39, 0.29) is 6.61 Å². The van der Waals surface area contributed by atoms with Gasteiger partial charge in [0.05, 0.1) is 0 Å². The molecule has 1 aliphatic rings. The molecule has 0 aromatic carbocycles. The van der Waals surface area contributed by atoms with Gasteiger partial charge in [-0.15, -0.1) is 11.3 Å². The fraction of sp³-hybridized carbons (Fsp3) is 0.429. The third-order valence-corrected chi connectivity index (χ3v) is 2.12. The molecule has 0 saturated carbocycles. The average molecular weight is 172 g/mol. The third-order valence-electron chi connectivity index (χ3n) is 1.42. The van der Waals surface area contributed by atoms with Crippen LogP contribution in [0, 0.1) is 0 Å². The van der Waals surface area contributed by atoms with Crippen molar-refractivity contribution in [1.29, 1.82) is 0 Å². The molecule has 1 N–H and O–H groups in total. The van der Waals surface area contributed by atoms with Gasteiger partial charge in [0.2, 0.25) is 5.79 Å². The molecule has 11 heavy (non-hydrogen) atoms. The summed E-state index contributed by atoms with van der Waals surface area (Å²) < 4.78 is 10.4. The van der Waals surface area contributed by atoms with Crippen molar-refractivity contribution in [1.82, 2.24) is 0 Å². The lowest BCUT2D eigenvalue weighted by Crippen LogP contribution is -2.41. The van der Waals surface area contributed by atoms with Crippen LogP contribution in [-0.4, -0.2) is 17.5 Å². The molecule has 0 radical (unpaired) electrons. The SMILES string of the molecule is CC1(O)COc2cscc2O1. The molecular weight excluding hydrogens is 164 g/mol. The Morgan fingerprint density at radius 2 is 2.27 bits per heavy atom. The lowest BCUT2D eigenvalue weighted by Gasteiger charge is -2.28. The molecule has 1 aliphatic heterocycles. The number of ether oxygens (including phenoxy) is 2. The molecule has 0 aliphatic carbocycles. The second-order valence-corrected chi connectivity index (χ2v) is 3.41. The van der Waals surface area contributed by atoms with Crippen molar-refractivity contribution >= 4 is 11.3 Å². The maximum absolute atomic E-state index is 9.40. The summed E-state index contributed by atoms with van der Waals surface area (Å²) in [5.41, 5.74) is 0. The number of fused-ring (bicyclic) bond motifs is 1. The summed E-state index contributed by atoms with van der Waals surface area (Å²) in [7, 11) is 0. The zero-order valence-corrected chi connectivity index (χ0v) is 6.85. The summed E-state index contributed by atoms with van der Waals surface area (Å²) in [5.74, 6) is 0.182. The van der Waals surface area contributed by atoms with Gasteiger partial charge in [0, 0.05) is 17.7 Å². The minimum atomic E-state index is -1.17. The molecule has 0 amide bonds. The highest BCUT2D eigenvalue weighted by molar-refractivity contribution is 7.08. The highest BCUT2D eigenvalue weighted by Crippen LogP contribution is 2.37. The number of hydrogen-bond donors (Lipinski definition) is 1. The first-order valence-corrected chi connectivity index (χ1v) is 4.22. The quantitative estimate of drug-likeness (QED) is 0.639. The number of hydrogen-bond acceptors (Lipinski definition) is 4. The lowest BCUT2D eigenvalue weighted by atomic mass is 10.3. The normalized spacial score (nSPS) is 28.5. The van der Waals surface area contributed by atoms with E-state index in [1.807, 2.05) is 10.8 Å². The van der Waals surface area contributed by atoms with E-state index >= 15 is 0 Å². The van der Waals surface area contributed by atoms with Gasteiger partial charge in [-0.2, -0.15) is 0 Å². The second kappa shape index (κ2) is 2.12. The molecule has 4 heteroatoms. The van der Waals surface area contributed by atoms with E-state index in [4.69, 9.17) is 9.47 Å². The zero-order valence-electron chi connectivity index (χ0n) is 6.03. The maximum atomic E-state index is 9.40. The monoisotopic (exact) mass is 172 g/mol. The van der Waals surface area contributed by atoms with Crippen LogP contribution in [0.4, 0.5) is 0 Å². The first-order valence-electron chi connectivity index (χ1n) is 3.28. The Balaban J connectivity index is 2.32. The van der Waals surface area contributed by atoms with Gasteiger partial charge in [-0.1, -0.05) is 0 Å². The van der Waals surface area contributed by atoms with Crippen molar-refractivity contribution in [3.05, 3.63) is 10.8 Å². The first-order chi connectivity index (χ1) is 5.17. The Morgan fingerprint density at radius 1 is 1.55 bits per heavy atom. The van der Waals surface area contributed by atoms with Gasteiger partial charge in [0.1, 0.15) is 0 Å². The molecule has 1 aromatic rings. The second-order valence-electron chi connectivity index (χ2n) is 2.67. The third kappa shape index (κ3) is 1.19. The van der Waals surface area contributed by atoms with E-state index in [2.05, 4.69) is 0 Å². The molecule has 0 fully saturated rings. The predicted octanol–water partition coefficient (Wildman–Crippen LogP) is 1.23. The van der Waals surface area contributed by atoms with Crippen LogP contribution < -0.4 is 9.47 Å². The molecule has 1 atom stereocenters. The van der Waals surface area contributed by atoms with Crippen molar-refractivity contribution < 1.29 is 14.6 Å². The Morgan fingerprint density at radius 3 is 3.09 bits per heavy atom. The molecule has 60 valence electrons. The summed E-state index contributed by atoms with van der Waals surface area (Å²) >= 11 is 1.49. The molecule has 0 spiro atoms.